The molecule has 0 spiro atoms. The molecule has 1 aliphatic rings. The van der Waals surface area contributed by atoms with E-state index in [0.717, 1.165) is 29.7 Å². The zero-order valence-corrected chi connectivity index (χ0v) is 24.5. The van der Waals surface area contributed by atoms with Crippen molar-refractivity contribution in [1.29, 1.82) is 0 Å². The van der Waals surface area contributed by atoms with Crippen molar-refractivity contribution in [2.45, 2.75) is 51.7 Å². The van der Waals surface area contributed by atoms with Gasteiger partial charge in [0.15, 0.2) is 11.0 Å². The Morgan fingerprint density at radius 3 is 2.87 bits per heavy atom. The van der Waals surface area contributed by atoms with E-state index in [1.165, 1.54) is 23.1 Å². The third-order valence-corrected chi connectivity index (χ3v) is 9.14. The smallest absolute Gasteiger partial charge is 0.341 e. The summed E-state index contributed by atoms with van der Waals surface area (Å²) in [5.41, 5.74) is 2.81. The molecular formula is C26H29ClN6O4S2. The van der Waals surface area contributed by atoms with Gasteiger partial charge >= 0.3 is 5.97 Å². The maximum absolute atomic E-state index is 13.1. The number of nitrogens with one attached hydrogen (secondary N) is 1. The first kappa shape index (κ1) is 27.5. The minimum Gasteiger partial charge on any atom is -0.467 e. The van der Waals surface area contributed by atoms with Crippen LogP contribution < -0.4 is 5.32 Å². The molecule has 1 unspecified atom stereocenters. The van der Waals surface area contributed by atoms with Gasteiger partial charge in [-0.05, 0) is 56.7 Å². The number of aromatic nitrogens is 5. The van der Waals surface area contributed by atoms with Crippen molar-refractivity contribution < 1.29 is 18.7 Å². The maximum atomic E-state index is 13.1. The van der Waals surface area contributed by atoms with Crippen LogP contribution in [0, 0.1) is 12.8 Å². The minimum atomic E-state index is -0.390. The molecule has 0 bridgehead atoms. The number of thioether (sulfide) groups is 1. The van der Waals surface area contributed by atoms with Gasteiger partial charge in [-0.2, -0.15) is 5.10 Å². The highest BCUT2D eigenvalue weighted by atomic mass is 35.5. The molecule has 1 atom stereocenters. The second-order valence-corrected chi connectivity index (χ2v) is 11.9. The van der Waals surface area contributed by atoms with Crippen LogP contribution in [0.2, 0.25) is 5.02 Å². The summed E-state index contributed by atoms with van der Waals surface area (Å²) in [5, 5.41) is 17.7. The van der Waals surface area contributed by atoms with Crippen LogP contribution in [-0.2, 0) is 36.0 Å². The van der Waals surface area contributed by atoms with Crippen LogP contribution in [0.15, 0.2) is 28.0 Å². The van der Waals surface area contributed by atoms with Gasteiger partial charge in [0.2, 0.25) is 5.91 Å². The summed E-state index contributed by atoms with van der Waals surface area (Å²) in [6.45, 7) is 6.43. The molecule has 4 aromatic heterocycles. The van der Waals surface area contributed by atoms with Gasteiger partial charge in [0.05, 0.1) is 41.4 Å². The quantitative estimate of drug-likeness (QED) is 0.205. The molecule has 0 fully saturated rings. The molecule has 1 amide bonds. The summed E-state index contributed by atoms with van der Waals surface area (Å²) < 4.78 is 14.4. The number of ether oxygens (including phenoxy) is 1. The zero-order chi connectivity index (χ0) is 27.7. The largest absolute Gasteiger partial charge is 0.467 e. The number of carbonyl (C=O) groups excluding carboxylic acids is 2. The number of nitrogens with zero attached hydrogens (tertiary/aromatic N) is 5. The first-order valence-electron chi connectivity index (χ1n) is 12.7. The second kappa shape index (κ2) is 11.6. The fourth-order valence-electron chi connectivity index (χ4n) is 4.70. The van der Waals surface area contributed by atoms with Crippen LogP contribution >= 0.6 is 34.7 Å². The van der Waals surface area contributed by atoms with Crippen molar-refractivity contribution >= 4 is 51.6 Å². The molecule has 10 nitrogen and oxygen atoms in total. The predicted octanol–water partition coefficient (Wildman–Crippen LogP) is 5.38. The molecule has 4 heterocycles. The predicted molar refractivity (Wildman–Crippen MR) is 151 cm³/mol. The van der Waals surface area contributed by atoms with E-state index in [9.17, 15) is 9.59 Å². The Morgan fingerprint density at radius 2 is 2.18 bits per heavy atom. The Morgan fingerprint density at radius 1 is 1.36 bits per heavy atom. The Kier molecular flexibility index (Phi) is 8.15. The molecule has 4 aromatic rings. The fraction of sp³-hybridized carbons (Fsp3) is 0.423. The number of fused-ring (bicyclic) bond motifs is 1. The number of hydrogen-bond acceptors (Lipinski definition) is 9. The van der Waals surface area contributed by atoms with Gasteiger partial charge in [0.1, 0.15) is 16.5 Å². The Balaban J connectivity index is 1.38. The first-order valence-corrected chi connectivity index (χ1v) is 14.8. The highest BCUT2D eigenvalue weighted by molar-refractivity contribution is 7.99. The number of halogens is 1. The lowest BCUT2D eigenvalue weighted by molar-refractivity contribution is -0.113. The number of carbonyl (C=O) groups is 2. The van der Waals surface area contributed by atoms with Crippen LogP contribution in [0.1, 0.15) is 52.5 Å². The standard InChI is InChI=1S/C26H29ClN6O4S2/c1-5-36-25(35)20-17-9-8-14(2)11-18(17)39-24(20)28-19(34)13-38-26-30-29-23(22-21(27)15(3)31-32(22)4)33(26)12-16-7-6-10-37-16/h6-7,10,14H,5,8-9,11-13H2,1-4H3,(H,28,34). The molecule has 1 aliphatic carbocycles. The lowest BCUT2D eigenvalue weighted by Crippen LogP contribution is -2.18. The second-order valence-electron chi connectivity index (χ2n) is 9.46. The van der Waals surface area contributed by atoms with Crippen LogP contribution in [-0.4, -0.2) is 48.8 Å². The summed E-state index contributed by atoms with van der Waals surface area (Å²) >= 11 is 9.26. The van der Waals surface area contributed by atoms with E-state index >= 15 is 0 Å². The minimum absolute atomic E-state index is 0.0651. The summed E-state index contributed by atoms with van der Waals surface area (Å²) in [6, 6.07) is 3.67. The molecule has 0 saturated carbocycles. The van der Waals surface area contributed by atoms with Crippen LogP contribution in [0.4, 0.5) is 5.00 Å². The van der Waals surface area contributed by atoms with E-state index in [1.807, 2.05) is 23.6 Å². The summed E-state index contributed by atoms with van der Waals surface area (Å²) in [5.74, 6) is 1.19. The van der Waals surface area contributed by atoms with Gasteiger partial charge in [-0.15, -0.1) is 21.5 Å². The molecule has 39 heavy (non-hydrogen) atoms. The monoisotopic (exact) mass is 588 g/mol. The van der Waals surface area contributed by atoms with Crippen molar-refractivity contribution in [3.63, 3.8) is 0 Å². The maximum Gasteiger partial charge on any atom is 0.341 e. The van der Waals surface area contributed by atoms with E-state index in [4.69, 9.17) is 20.8 Å². The zero-order valence-electron chi connectivity index (χ0n) is 22.1. The van der Waals surface area contributed by atoms with Gasteiger partial charge in [-0.25, -0.2) is 4.79 Å². The first-order chi connectivity index (χ1) is 18.8. The molecule has 5 rings (SSSR count). The van der Waals surface area contributed by atoms with Gasteiger partial charge < -0.3 is 14.5 Å². The number of furan rings is 1. The number of amides is 1. The van der Waals surface area contributed by atoms with Gasteiger partial charge in [-0.3, -0.25) is 14.0 Å². The Labute approximate surface area is 239 Å². The number of rotatable bonds is 9. The molecule has 13 heteroatoms. The molecule has 206 valence electrons. The van der Waals surface area contributed by atoms with Crippen molar-refractivity contribution in [1.82, 2.24) is 24.5 Å². The van der Waals surface area contributed by atoms with Crippen LogP contribution in [0.5, 0.6) is 0 Å². The van der Waals surface area contributed by atoms with Gasteiger partial charge in [0.25, 0.3) is 0 Å². The highest BCUT2D eigenvalue weighted by Gasteiger charge is 2.29. The molecular weight excluding hydrogens is 560 g/mol. The topological polar surface area (TPSA) is 117 Å². The number of esters is 1. The van der Waals surface area contributed by atoms with Gasteiger partial charge in [-0.1, -0.05) is 30.3 Å². The van der Waals surface area contributed by atoms with Crippen LogP contribution in [0.25, 0.3) is 11.5 Å². The van der Waals surface area contributed by atoms with Gasteiger partial charge in [0, 0.05) is 11.9 Å². The van der Waals surface area contributed by atoms with E-state index < -0.39 is 5.97 Å². The van der Waals surface area contributed by atoms with Crippen LogP contribution in [0.3, 0.4) is 0 Å². The molecule has 0 radical (unpaired) electrons. The average Bonchev–Trinajstić information content (AvgIpc) is 3.66. The van der Waals surface area contributed by atoms with Crippen molar-refractivity contribution in [3.8, 4) is 11.5 Å². The summed E-state index contributed by atoms with van der Waals surface area (Å²) in [4.78, 5) is 27.1. The summed E-state index contributed by atoms with van der Waals surface area (Å²) in [6.07, 6.45) is 4.31. The SMILES string of the molecule is CCOC(=O)c1c(NC(=O)CSc2nnc(-c3c(Cl)c(C)nn3C)n2Cc2ccco2)sc2c1CCC(C)C2. The summed E-state index contributed by atoms with van der Waals surface area (Å²) in [7, 11) is 1.79. The third-order valence-electron chi connectivity index (χ3n) is 6.55. The Hall–Kier alpha value is -3.09. The number of aryl methyl sites for hydroxylation is 2. The molecule has 0 saturated heterocycles. The molecule has 0 aliphatic heterocycles. The number of thiophene rings is 1. The molecule has 0 aromatic carbocycles. The number of anilines is 1. The number of hydrogen-bond donors (Lipinski definition) is 1. The van der Waals surface area contributed by atoms with Crippen molar-refractivity contribution in [2.24, 2.45) is 13.0 Å². The van der Waals surface area contributed by atoms with E-state index in [-0.39, 0.29) is 18.3 Å². The van der Waals surface area contributed by atoms with E-state index in [1.54, 1.807) is 24.9 Å². The normalized spacial score (nSPS) is 14.8. The van der Waals surface area contributed by atoms with Crippen molar-refractivity contribution in [2.75, 3.05) is 17.7 Å². The fourth-order valence-corrected chi connectivity index (χ4v) is 7.10. The highest BCUT2D eigenvalue weighted by Crippen LogP contribution is 2.40. The van der Waals surface area contributed by atoms with Crippen molar-refractivity contribution in [3.05, 3.63) is 50.9 Å². The Bertz CT molecular complexity index is 1510. The van der Waals surface area contributed by atoms with E-state index in [0.29, 0.717) is 56.2 Å². The molecule has 1 N–H and O–H groups in total. The lowest BCUT2D eigenvalue weighted by Gasteiger charge is -2.18. The average molecular weight is 589 g/mol. The van der Waals surface area contributed by atoms with E-state index in [2.05, 4.69) is 27.5 Å². The third kappa shape index (κ3) is 5.64. The lowest BCUT2D eigenvalue weighted by atomic mass is 9.88.